The van der Waals surface area contributed by atoms with Gasteiger partial charge in [0.05, 0.1) is 28.5 Å². The van der Waals surface area contributed by atoms with Gasteiger partial charge in [0.1, 0.15) is 24.3 Å². The predicted octanol–water partition coefficient (Wildman–Crippen LogP) is 6.51. The van der Waals surface area contributed by atoms with E-state index in [0.29, 0.717) is 33.9 Å². The summed E-state index contributed by atoms with van der Waals surface area (Å²) in [6, 6.07) is 11.1. The molecule has 0 aliphatic heterocycles. The molecule has 8 nitrogen and oxygen atoms in total. The van der Waals surface area contributed by atoms with Crippen molar-refractivity contribution in [3.05, 3.63) is 87.3 Å². The summed E-state index contributed by atoms with van der Waals surface area (Å²) in [7, 11) is 1.88. The molecule has 188 valence electrons. The highest BCUT2D eigenvalue weighted by Crippen LogP contribution is 2.32. The first-order valence-corrected chi connectivity index (χ1v) is 12.0. The van der Waals surface area contributed by atoms with E-state index in [1.165, 1.54) is 0 Å². The molecule has 0 saturated heterocycles. The van der Waals surface area contributed by atoms with Gasteiger partial charge in [-0.25, -0.2) is 14.5 Å². The van der Waals surface area contributed by atoms with Crippen LogP contribution in [0.4, 0.5) is 5.69 Å². The number of ether oxygens (including phenoxy) is 1. The number of aryl methyl sites for hydroxylation is 1. The second-order valence-electron chi connectivity index (χ2n) is 8.71. The van der Waals surface area contributed by atoms with Crippen molar-refractivity contribution in [1.82, 2.24) is 14.8 Å². The highest BCUT2D eigenvalue weighted by molar-refractivity contribution is 6.37. The van der Waals surface area contributed by atoms with E-state index in [-0.39, 0.29) is 18.2 Å². The zero-order valence-electron chi connectivity index (χ0n) is 20.3. The van der Waals surface area contributed by atoms with Gasteiger partial charge in [-0.3, -0.25) is 0 Å². The Labute approximate surface area is 219 Å². The van der Waals surface area contributed by atoms with Crippen LogP contribution in [0.15, 0.2) is 53.3 Å². The summed E-state index contributed by atoms with van der Waals surface area (Å²) in [5, 5.41) is 14.6. The van der Waals surface area contributed by atoms with Crippen LogP contribution in [0.3, 0.4) is 0 Å². The summed E-state index contributed by atoms with van der Waals surface area (Å²) in [4.78, 5) is 17.0. The molecule has 0 unspecified atom stereocenters. The summed E-state index contributed by atoms with van der Waals surface area (Å²) in [5.74, 6) is 0.126. The molecule has 4 rings (SSSR count). The number of nitrogens with zero attached hydrogens (tertiary/aromatic N) is 4. The molecule has 2 aromatic carbocycles. The van der Waals surface area contributed by atoms with Crippen LogP contribution in [0.2, 0.25) is 10.0 Å². The van der Waals surface area contributed by atoms with Crippen LogP contribution in [-0.4, -0.2) is 32.9 Å². The molecule has 36 heavy (non-hydrogen) atoms. The van der Waals surface area contributed by atoms with Crippen LogP contribution in [0.1, 0.15) is 53.0 Å². The summed E-state index contributed by atoms with van der Waals surface area (Å²) in [5.41, 5.74) is 4.34. The Morgan fingerprint density at radius 3 is 2.56 bits per heavy atom. The van der Waals surface area contributed by atoms with Crippen LogP contribution < -0.4 is 9.64 Å². The van der Waals surface area contributed by atoms with E-state index in [4.69, 9.17) is 37.5 Å². The molecule has 4 aromatic rings. The van der Waals surface area contributed by atoms with Crippen LogP contribution >= 0.6 is 23.2 Å². The molecule has 10 heteroatoms. The van der Waals surface area contributed by atoms with Crippen LogP contribution in [-0.2, 0) is 13.2 Å². The van der Waals surface area contributed by atoms with E-state index in [1.54, 1.807) is 22.9 Å². The zero-order valence-corrected chi connectivity index (χ0v) is 21.8. The Morgan fingerprint density at radius 2 is 1.94 bits per heavy atom. The van der Waals surface area contributed by atoms with Crippen molar-refractivity contribution in [3.63, 3.8) is 0 Å². The third kappa shape index (κ3) is 5.34. The fourth-order valence-electron chi connectivity index (χ4n) is 3.96. The maximum absolute atomic E-state index is 11.0. The normalized spacial score (nSPS) is 11.2. The van der Waals surface area contributed by atoms with Gasteiger partial charge >= 0.3 is 5.97 Å². The third-order valence-electron chi connectivity index (χ3n) is 5.77. The lowest BCUT2D eigenvalue weighted by Crippen LogP contribution is -2.18. The number of aromatic nitrogens is 3. The molecule has 0 fully saturated rings. The van der Waals surface area contributed by atoms with E-state index < -0.39 is 5.97 Å². The number of carboxylic acids is 1. The van der Waals surface area contributed by atoms with E-state index in [2.05, 4.69) is 23.9 Å². The number of para-hydroxylation sites is 1. The SMILES string of the molecule is Cc1cc(OCc2c(C(C)C)cnn2-c2c(Cl)cccc2Cl)ccc1N(C)Cc1nc(C(=O)O)co1. The molecule has 0 atom stereocenters. The molecular weight excluding hydrogens is 503 g/mol. The molecule has 0 spiro atoms. The van der Waals surface area contributed by atoms with Crippen molar-refractivity contribution in [3.8, 4) is 11.4 Å². The van der Waals surface area contributed by atoms with Gasteiger partial charge in [0.15, 0.2) is 5.69 Å². The minimum atomic E-state index is -1.12. The van der Waals surface area contributed by atoms with Crippen LogP contribution in [0.25, 0.3) is 5.69 Å². The minimum Gasteiger partial charge on any atom is -0.487 e. The maximum atomic E-state index is 11.0. The average Bonchev–Trinajstić information content (AvgIpc) is 3.45. The second-order valence-corrected chi connectivity index (χ2v) is 9.52. The number of hydrogen-bond acceptors (Lipinski definition) is 6. The lowest BCUT2D eigenvalue weighted by atomic mass is 10.0. The number of aromatic carboxylic acids is 1. The van der Waals surface area contributed by atoms with Crippen LogP contribution in [0, 0.1) is 6.92 Å². The van der Waals surface area contributed by atoms with Crippen molar-refractivity contribution in [2.45, 2.75) is 39.8 Å². The van der Waals surface area contributed by atoms with Gasteiger partial charge in [-0.05, 0) is 54.3 Å². The lowest BCUT2D eigenvalue weighted by molar-refractivity contribution is 0.0690. The van der Waals surface area contributed by atoms with Crippen molar-refractivity contribution >= 4 is 34.9 Å². The molecule has 0 bridgehead atoms. The van der Waals surface area contributed by atoms with Gasteiger partial charge in [0.2, 0.25) is 5.89 Å². The van der Waals surface area contributed by atoms with Crippen molar-refractivity contribution in [2.75, 3.05) is 11.9 Å². The topological polar surface area (TPSA) is 93.6 Å². The number of halogens is 2. The van der Waals surface area contributed by atoms with Gasteiger partial charge in [-0.2, -0.15) is 5.10 Å². The van der Waals surface area contributed by atoms with Gasteiger partial charge in [-0.1, -0.05) is 43.1 Å². The number of carboxylic acid groups (broad SMARTS) is 1. The highest BCUT2D eigenvalue weighted by Gasteiger charge is 2.20. The lowest BCUT2D eigenvalue weighted by Gasteiger charge is -2.20. The van der Waals surface area contributed by atoms with E-state index in [0.717, 1.165) is 28.8 Å². The van der Waals surface area contributed by atoms with Gasteiger partial charge in [-0.15, -0.1) is 0 Å². The molecular formula is C26H26Cl2N4O4. The van der Waals surface area contributed by atoms with E-state index >= 15 is 0 Å². The minimum absolute atomic E-state index is 0.114. The van der Waals surface area contributed by atoms with Crippen molar-refractivity contribution < 1.29 is 19.1 Å². The smallest absolute Gasteiger partial charge is 0.357 e. The first-order chi connectivity index (χ1) is 17.2. The largest absolute Gasteiger partial charge is 0.487 e. The average molecular weight is 529 g/mol. The van der Waals surface area contributed by atoms with E-state index in [1.807, 2.05) is 43.3 Å². The maximum Gasteiger partial charge on any atom is 0.357 e. The molecule has 2 heterocycles. The molecule has 2 aromatic heterocycles. The Morgan fingerprint density at radius 1 is 1.22 bits per heavy atom. The quantitative estimate of drug-likeness (QED) is 0.264. The summed E-state index contributed by atoms with van der Waals surface area (Å²) >= 11 is 12.9. The van der Waals surface area contributed by atoms with Gasteiger partial charge in [0, 0.05) is 12.7 Å². The van der Waals surface area contributed by atoms with Gasteiger partial charge in [0.25, 0.3) is 0 Å². The van der Waals surface area contributed by atoms with E-state index in [9.17, 15) is 4.79 Å². The van der Waals surface area contributed by atoms with Gasteiger partial charge < -0.3 is 19.2 Å². The fourth-order valence-corrected chi connectivity index (χ4v) is 4.52. The molecule has 0 radical (unpaired) electrons. The van der Waals surface area contributed by atoms with Crippen molar-refractivity contribution in [1.29, 1.82) is 0 Å². The van der Waals surface area contributed by atoms with Crippen molar-refractivity contribution in [2.24, 2.45) is 0 Å². The van der Waals surface area contributed by atoms with Crippen LogP contribution in [0.5, 0.6) is 5.75 Å². The monoisotopic (exact) mass is 528 g/mol. The Balaban J connectivity index is 1.53. The molecule has 1 N–H and O–H groups in total. The number of oxazole rings is 1. The molecule has 0 aliphatic carbocycles. The molecule has 0 amide bonds. The number of benzene rings is 2. The summed E-state index contributed by atoms with van der Waals surface area (Å²) in [6.45, 7) is 6.77. The number of rotatable bonds is 9. The molecule has 0 saturated carbocycles. The number of carbonyl (C=O) groups is 1. The standard InChI is InChI=1S/C26H26Cl2N4O4/c1-15(2)18-11-29-32(25-19(27)6-5-7-20(25)28)23(18)14-35-17-8-9-22(16(3)10-17)31(4)12-24-30-21(13-36-24)26(33)34/h5-11,13,15H,12,14H2,1-4H3,(H,33,34). The first kappa shape index (κ1) is 25.6. The number of anilines is 1. The summed E-state index contributed by atoms with van der Waals surface area (Å²) < 4.78 is 13.2. The zero-order chi connectivity index (χ0) is 26.0. The Kier molecular flexibility index (Phi) is 7.56. The predicted molar refractivity (Wildman–Crippen MR) is 139 cm³/mol. The summed E-state index contributed by atoms with van der Waals surface area (Å²) in [6.07, 6.45) is 2.96. The Bertz CT molecular complexity index is 1380. The number of hydrogen-bond donors (Lipinski definition) is 1. The second kappa shape index (κ2) is 10.6. The Hall–Kier alpha value is -3.49. The first-order valence-electron chi connectivity index (χ1n) is 11.3. The third-order valence-corrected chi connectivity index (χ3v) is 6.38. The highest BCUT2D eigenvalue weighted by atomic mass is 35.5. The fraction of sp³-hybridized carbons (Fsp3) is 0.269. The molecule has 0 aliphatic rings.